The van der Waals surface area contributed by atoms with E-state index in [1.54, 1.807) is 31.2 Å². The van der Waals surface area contributed by atoms with Gasteiger partial charge in [-0.2, -0.15) is 5.10 Å². The van der Waals surface area contributed by atoms with Crippen molar-refractivity contribution in [1.29, 1.82) is 0 Å². The van der Waals surface area contributed by atoms with Crippen LogP contribution >= 0.6 is 0 Å². The molecule has 0 aliphatic rings. The van der Waals surface area contributed by atoms with E-state index in [1.165, 1.54) is 0 Å². The van der Waals surface area contributed by atoms with Gasteiger partial charge in [-0.1, -0.05) is 48.5 Å². The maximum Gasteiger partial charge on any atom is 0.272 e. The molecule has 0 aromatic heterocycles. The Labute approximate surface area is 134 Å². The van der Waals surface area contributed by atoms with Gasteiger partial charge < -0.3 is 5.11 Å². The highest BCUT2D eigenvalue weighted by Gasteiger charge is 2.09. The Balaban J connectivity index is 1.85. The first-order chi connectivity index (χ1) is 11.1. The number of benzene rings is 3. The number of carbonyl (C=O) groups is 1. The number of rotatable bonds is 3. The molecule has 4 heteroatoms. The standard InChI is InChI=1S/C19H16N2O2/c1-13(15-8-4-9-16(22)12-15)20-21-19(23)18-11-5-7-14-6-2-3-10-17(14)18/h2-12,22H,1H3,(H,21,23). The van der Waals surface area contributed by atoms with E-state index in [2.05, 4.69) is 10.5 Å². The van der Waals surface area contributed by atoms with Gasteiger partial charge in [-0.05, 0) is 35.9 Å². The number of aromatic hydroxyl groups is 1. The maximum absolute atomic E-state index is 12.4. The average Bonchev–Trinajstić information content (AvgIpc) is 2.59. The van der Waals surface area contributed by atoms with E-state index in [-0.39, 0.29) is 11.7 Å². The van der Waals surface area contributed by atoms with Crippen LogP contribution in [0, 0.1) is 0 Å². The summed E-state index contributed by atoms with van der Waals surface area (Å²) in [5, 5.41) is 15.5. The molecule has 0 radical (unpaired) electrons. The number of nitrogens with zero attached hydrogens (tertiary/aromatic N) is 1. The van der Waals surface area contributed by atoms with Gasteiger partial charge in [-0.15, -0.1) is 0 Å². The van der Waals surface area contributed by atoms with Crippen LogP contribution in [0.5, 0.6) is 5.75 Å². The van der Waals surface area contributed by atoms with Crippen LogP contribution in [0.25, 0.3) is 10.8 Å². The van der Waals surface area contributed by atoms with Gasteiger partial charge in [-0.25, -0.2) is 5.43 Å². The van der Waals surface area contributed by atoms with Crippen LogP contribution in [0.1, 0.15) is 22.8 Å². The lowest BCUT2D eigenvalue weighted by Gasteiger charge is -2.06. The Morgan fingerprint density at radius 1 is 1.00 bits per heavy atom. The van der Waals surface area contributed by atoms with Crippen LogP contribution < -0.4 is 5.43 Å². The molecule has 0 spiro atoms. The minimum atomic E-state index is -0.263. The number of hydrogen-bond donors (Lipinski definition) is 2. The highest BCUT2D eigenvalue weighted by Crippen LogP contribution is 2.18. The molecule has 0 saturated carbocycles. The Morgan fingerprint density at radius 2 is 1.74 bits per heavy atom. The monoisotopic (exact) mass is 304 g/mol. The van der Waals surface area contributed by atoms with Gasteiger partial charge in [0, 0.05) is 11.1 Å². The van der Waals surface area contributed by atoms with E-state index in [1.807, 2.05) is 42.5 Å². The average molecular weight is 304 g/mol. The van der Waals surface area contributed by atoms with Crippen molar-refractivity contribution in [2.24, 2.45) is 5.10 Å². The van der Waals surface area contributed by atoms with E-state index in [0.29, 0.717) is 11.3 Å². The molecule has 0 aliphatic carbocycles. The van der Waals surface area contributed by atoms with Gasteiger partial charge in [0.2, 0.25) is 0 Å². The molecule has 0 heterocycles. The van der Waals surface area contributed by atoms with Crippen LogP contribution in [0.15, 0.2) is 71.8 Å². The third kappa shape index (κ3) is 3.21. The maximum atomic E-state index is 12.4. The van der Waals surface area contributed by atoms with Crippen molar-refractivity contribution in [3.05, 3.63) is 77.9 Å². The number of hydrazone groups is 1. The molecule has 0 saturated heterocycles. The number of fused-ring (bicyclic) bond motifs is 1. The molecular formula is C19H16N2O2. The Kier molecular flexibility index (Phi) is 4.06. The molecular weight excluding hydrogens is 288 g/mol. The molecule has 0 fully saturated rings. The molecule has 23 heavy (non-hydrogen) atoms. The first-order valence-electron chi connectivity index (χ1n) is 7.27. The SMILES string of the molecule is CC(=NNC(=O)c1cccc2ccccc12)c1cccc(O)c1. The van der Waals surface area contributed by atoms with E-state index in [0.717, 1.165) is 16.3 Å². The van der Waals surface area contributed by atoms with Crippen LogP contribution in [0.4, 0.5) is 0 Å². The molecule has 0 aliphatic heterocycles. The summed E-state index contributed by atoms with van der Waals surface area (Å²) in [5.41, 5.74) is 4.53. The highest BCUT2D eigenvalue weighted by molar-refractivity contribution is 6.08. The predicted molar refractivity (Wildman–Crippen MR) is 91.7 cm³/mol. The quantitative estimate of drug-likeness (QED) is 0.572. The van der Waals surface area contributed by atoms with E-state index in [4.69, 9.17) is 0 Å². The Hall–Kier alpha value is -3.14. The van der Waals surface area contributed by atoms with Crippen molar-refractivity contribution in [2.45, 2.75) is 6.92 Å². The summed E-state index contributed by atoms with van der Waals surface area (Å²) >= 11 is 0. The zero-order chi connectivity index (χ0) is 16.2. The fraction of sp³-hybridized carbons (Fsp3) is 0.0526. The second-order valence-electron chi connectivity index (χ2n) is 5.22. The van der Waals surface area contributed by atoms with Gasteiger partial charge in [0.25, 0.3) is 5.91 Å². The van der Waals surface area contributed by atoms with Crippen molar-refractivity contribution in [2.75, 3.05) is 0 Å². The zero-order valence-electron chi connectivity index (χ0n) is 12.7. The van der Waals surface area contributed by atoms with Crippen LogP contribution in [-0.4, -0.2) is 16.7 Å². The molecule has 0 atom stereocenters. The highest BCUT2D eigenvalue weighted by atomic mass is 16.3. The number of carbonyl (C=O) groups excluding carboxylic acids is 1. The van der Waals surface area contributed by atoms with Gasteiger partial charge in [0.1, 0.15) is 5.75 Å². The molecule has 3 aromatic carbocycles. The fourth-order valence-electron chi connectivity index (χ4n) is 2.41. The first-order valence-corrected chi connectivity index (χ1v) is 7.27. The molecule has 3 aromatic rings. The summed E-state index contributed by atoms with van der Waals surface area (Å²) in [5.74, 6) is -0.0984. The summed E-state index contributed by atoms with van der Waals surface area (Å²) < 4.78 is 0. The minimum absolute atomic E-state index is 0.164. The number of phenols is 1. The number of hydrogen-bond acceptors (Lipinski definition) is 3. The summed E-state index contributed by atoms with van der Waals surface area (Å²) in [6, 6.07) is 20.1. The molecule has 114 valence electrons. The van der Waals surface area contributed by atoms with Crippen molar-refractivity contribution >= 4 is 22.4 Å². The molecule has 3 rings (SSSR count). The molecule has 1 amide bonds. The lowest BCUT2D eigenvalue weighted by molar-refractivity contribution is 0.0956. The van der Waals surface area contributed by atoms with Crippen LogP contribution in [-0.2, 0) is 0 Å². The molecule has 0 bridgehead atoms. The van der Waals surface area contributed by atoms with E-state index < -0.39 is 0 Å². The summed E-state index contributed by atoms with van der Waals surface area (Å²) in [6.07, 6.45) is 0. The molecule has 0 unspecified atom stereocenters. The van der Waals surface area contributed by atoms with Crippen LogP contribution in [0.3, 0.4) is 0 Å². The number of amides is 1. The Bertz CT molecular complexity index is 895. The summed E-state index contributed by atoms with van der Waals surface area (Å²) in [6.45, 7) is 1.78. The number of phenolic OH excluding ortho intramolecular Hbond substituents is 1. The molecule has 2 N–H and O–H groups in total. The zero-order valence-corrected chi connectivity index (χ0v) is 12.7. The normalized spacial score (nSPS) is 11.4. The smallest absolute Gasteiger partial charge is 0.272 e. The third-order valence-electron chi connectivity index (χ3n) is 3.62. The molecule has 4 nitrogen and oxygen atoms in total. The van der Waals surface area contributed by atoms with Gasteiger partial charge >= 0.3 is 0 Å². The van der Waals surface area contributed by atoms with E-state index in [9.17, 15) is 9.90 Å². The Morgan fingerprint density at radius 3 is 2.57 bits per heavy atom. The van der Waals surface area contributed by atoms with E-state index >= 15 is 0 Å². The second kappa shape index (κ2) is 6.32. The lowest BCUT2D eigenvalue weighted by Crippen LogP contribution is -2.19. The van der Waals surface area contributed by atoms with Crippen molar-refractivity contribution in [1.82, 2.24) is 5.43 Å². The largest absolute Gasteiger partial charge is 0.508 e. The van der Waals surface area contributed by atoms with Gasteiger partial charge in [0.05, 0.1) is 5.71 Å². The van der Waals surface area contributed by atoms with Crippen molar-refractivity contribution in [3.8, 4) is 5.75 Å². The van der Waals surface area contributed by atoms with Gasteiger partial charge in [0.15, 0.2) is 0 Å². The summed E-state index contributed by atoms with van der Waals surface area (Å²) in [7, 11) is 0. The fourth-order valence-corrected chi connectivity index (χ4v) is 2.41. The minimum Gasteiger partial charge on any atom is -0.508 e. The van der Waals surface area contributed by atoms with Crippen LogP contribution in [0.2, 0.25) is 0 Å². The first kappa shape index (κ1) is 14.8. The van der Waals surface area contributed by atoms with Gasteiger partial charge in [-0.3, -0.25) is 4.79 Å². The predicted octanol–water partition coefficient (Wildman–Crippen LogP) is 3.70. The topological polar surface area (TPSA) is 61.7 Å². The third-order valence-corrected chi connectivity index (χ3v) is 3.62. The lowest BCUT2D eigenvalue weighted by atomic mass is 10.0. The summed E-state index contributed by atoms with van der Waals surface area (Å²) in [4.78, 5) is 12.4. The second-order valence-corrected chi connectivity index (χ2v) is 5.22. The van der Waals surface area contributed by atoms with Crippen molar-refractivity contribution < 1.29 is 9.90 Å². The number of nitrogens with one attached hydrogen (secondary N) is 1. The van der Waals surface area contributed by atoms with Crippen molar-refractivity contribution in [3.63, 3.8) is 0 Å².